The highest BCUT2D eigenvalue weighted by Gasteiger charge is 2.21. The Bertz CT molecular complexity index is 749. The molecule has 0 spiro atoms. The number of nitrogens with one attached hydrogen (secondary N) is 1. The number of halogens is 2. The number of esters is 1. The number of amides is 1. The quantitative estimate of drug-likeness (QED) is 0.782. The van der Waals surface area contributed by atoms with E-state index >= 15 is 0 Å². The molecule has 2 aromatic rings. The molecular formula is C17H15BrFNO4. The van der Waals surface area contributed by atoms with Crippen molar-refractivity contribution in [2.24, 2.45) is 0 Å². The van der Waals surface area contributed by atoms with Crippen LogP contribution in [0.4, 0.5) is 10.1 Å². The maximum atomic E-state index is 12.8. The number of hydrogen-bond donors (Lipinski definition) is 1. The molecule has 0 unspecified atom stereocenters. The first kappa shape index (κ1) is 17.9. The van der Waals surface area contributed by atoms with E-state index in [-0.39, 0.29) is 5.56 Å². The maximum Gasteiger partial charge on any atom is 0.340 e. The fourth-order valence-electron chi connectivity index (χ4n) is 1.84. The van der Waals surface area contributed by atoms with Crippen LogP contribution in [0.25, 0.3) is 0 Å². The van der Waals surface area contributed by atoms with Gasteiger partial charge >= 0.3 is 5.97 Å². The Balaban J connectivity index is 2.02. The number of ether oxygens (including phenoxy) is 2. The summed E-state index contributed by atoms with van der Waals surface area (Å²) in [5, 5.41) is 2.54. The maximum absolute atomic E-state index is 12.8. The van der Waals surface area contributed by atoms with Crippen LogP contribution in [0.1, 0.15) is 17.3 Å². The van der Waals surface area contributed by atoms with Crippen molar-refractivity contribution >= 4 is 33.5 Å². The Morgan fingerprint density at radius 2 is 1.83 bits per heavy atom. The van der Waals surface area contributed by atoms with E-state index in [0.29, 0.717) is 15.9 Å². The molecule has 0 saturated heterocycles. The average Bonchev–Trinajstić information content (AvgIpc) is 2.57. The summed E-state index contributed by atoms with van der Waals surface area (Å²) in [6.07, 6.45) is -1.03. The molecular weight excluding hydrogens is 381 g/mol. The van der Waals surface area contributed by atoms with Gasteiger partial charge in [0.05, 0.1) is 12.7 Å². The van der Waals surface area contributed by atoms with Crippen molar-refractivity contribution < 1.29 is 23.5 Å². The molecule has 0 saturated carbocycles. The monoisotopic (exact) mass is 395 g/mol. The number of benzene rings is 2. The third-order valence-electron chi connectivity index (χ3n) is 3.16. The minimum absolute atomic E-state index is 0.246. The van der Waals surface area contributed by atoms with Crippen LogP contribution in [0.3, 0.4) is 0 Å². The lowest BCUT2D eigenvalue weighted by atomic mass is 10.2. The first-order valence-corrected chi connectivity index (χ1v) is 7.81. The van der Waals surface area contributed by atoms with Crippen LogP contribution in [0.5, 0.6) is 5.75 Å². The fraction of sp³-hybridized carbons (Fsp3) is 0.176. The van der Waals surface area contributed by atoms with Gasteiger partial charge in [0.2, 0.25) is 0 Å². The van der Waals surface area contributed by atoms with Crippen LogP contribution in [-0.2, 0) is 9.53 Å². The SMILES string of the molecule is COc1ccc(Br)c(C(=O)O[C@@H](C)C(=O)Nc2ccc(F)cc2)c1. The molecule has 0 aliphatic heterocycles. The van der Waals surface area contributed by atoms with Crippen molar-refractivity contribution in [2.75, 3.05) is 12.4 Å². The van der Waals surface area contributed by atoms with Crippen LogP contribution in [-0.4, -0.2) is 25.1 Å². The van der Waals surface area contributed by atoms with Gasteiger partial charge in [0.25, 0.3) is 5.91 Å². The molecule has 0 radical (unpaired) electrons. The Morgan fingerprint density at radius 1 is 1.17 bits per heavy atom. The second-order valence-electron chi connectivity index (χ2n) is 4.89. The van der Waals surface area contributed by atoms with Crippen molar-refractivity contribution in [3.05, 3.63) is 58.3 Å². The smallest absolute Gasteiger partial charge is 0.340 e. The molecule has 0 aromatic heterocycles. The molecule has 0 aliphatic rings. The van der Waals surface area contributed by atoms with Gasteiger partial charge < -0.3 is 14.8 Å². The normalized spacial score (nSPS) is 11.5. The van der Waals surface area contributed by atoms with E-state index in [1.54, 1.807) is 12.1 Å². The van der Waals surface area contributed by atoms with E-state index in [2.05, 4.69) is 21.2 Å². The van der Waals surface area contributed by atoms with Crippen molar-refractivity contribution in [2.45, 2.75) is 13.0 Å². The lowest BCUT2D eigenvalue weighted by Crippen LogP contribution is -2.30. The zero-order chi connectivity index (χ0) is 17.7. The molecule has 0 heterocycles. The number of carbonyl (C=O) groups is 2. The number of rotatable bonds is 5. The summed E-state index contributed by atoms with van der Waals surface area (Å²) in [6.45, 7) is 1.45. The molecule has 5 nitrogen and oxygen atoms in total. The minimum atomic E-state index is -1.03. The fourth-order valence-corrected chi connectivity index (χ4v) is 2.25. The van der Waals surface area contributed by atoms with Crippen LogP contribution >= 0.6 is 15.9 Å². The molecule has 7 heteroatoms. The Labute approximate surface area is 146 Å². The third-order valence-corrected chi connectivity index (χ3v) is 3.85. The predicted molar refractivity (Wildman–Crippen MR) is 90.6 cm³/mol. The summed E-state index contributed by atoms with van der Waals surface area (Å²) in [4.78, 5) is 24.3. The van der Waals surface area contributed by atoms with E-state index in [0.717, 1.165) is 0 Å². The molecule has 24 heavy (non-hydrogen) atoms. The predicted octanol–water partition coefficient (Wildman–Crippen LogP) is 3.78. The summed E-state index contributed by atoms with van der Waals surface area (Å²) in [5.74, 6) is -1.10. The number of methoxy groups -OCH3 is 1. The van der Waals surface area contributed by atoms with E-state index in [4.69, 9.17) is 9.47 Å². The van der Waals surface area contributed by atoms with Crippen LogP contribution in [0.2, 0.25) is 0 Å². The topological polar surface area (TPSA) is 64.6 Å². The molecule has 2 aromatic carbocycles. The van der Waals surface area contributed by atoms with E-state index in [1.807, 2.05) is 0 Å². The largest absolute Gasteiger partial charge is 0.497 e. The standard InChI is InChI=1S/C17H15BrFNO4/c1-10(16(21)20-12-5-3-11(19)4-6-12)24-17(22)14-9-13(23-2)7-8-15(14)18/h3-10H,1-2H3,(H,20,21)/t10-/m0/s1. The first-order chi connectivity index (χ1) is 11.4. The highest BCUT2D eigenvalue weighted by molar-refractivity contribution is 9.10. The van der Waals surface area contributed by atoms with Crippen molar-refractivity contribution in [3.63, 3.8) is 0 Å². The van der Waals surface area contributed by atoms with Gasteiger partial charge in [-0.2, -0.15) is 0 Å². The van der Waals surface area contributed by atoms with Gasteiger partial charge in [0.15, 0.2) is 6.10 Å². The highest BCUT2D eigenvalue weighted by Crippen LogP contribution is 2.23. The molecule has 126 valence electrons. The van der Waals surface area contributed by atoms with E-state index in [1.165, 1.54) is 44.4 Å². The summed E-state index contributed by atoms with van der Waals surface area (Å²) < 4.78 is 23.6. The van der Waals surface area contributed by atoms with Crippen molar-refractivity contribution in [1.29, 1.82) is 0 Å². The Hall–Kier alpha value is -2.41. The second kappa shape index (κ2) is 7.92. The highest BCUT2D eigenvalue weighted by atomic mass is 79.9. The Kier molecular flexibility index (Phi) is 5.92. The van der Waals surface area contributed by atoms with Crippen molar-refractivity contribution in [1.82, 2.24) is 0 Å². The van der Waals surface area contributed by atoms with Gasteiger partial charge in [0, 0.05) is 10.2 Å². The summed E-state index contributed by atoms with van der Waals surface area (Å²) in [7, 11) is 1.48. The first-order valence-electron chi connectivity index (χ1n) is 7.01. The number of anilines is 1. The van der Waals surface area contributed by atoms with Gasteiger partial charge in [-0.1, -0.05) is 0 Å². The molecule has 1 N–H and O–H groups in total. The van der Waals surface area contributed by atoms with Gasteiger partial charge in [-0.15, -0.1) is 0 Å². The summed E-state index contributed by atoms with van der Waals surface area (Å²) in [5.41, 5.74) is 0.655. The second-order valence-corrected chi connectivity index (χ2v) is 5.74. The molecule has 1 atom stereocenters. The zero-order valence-corrected chi connectivity index (χ0v) is 14.6. The lowest BCUT2D eigenvalue weighted by molar-refractivity contribution is -0.123. The molecule has 0 aliphatic carbocycles. The lowest BCUT2D eigenvalue weighted by Gasteiger charge is -2.14. The minimum Gasteiger partial charge on any atom is -0.497 e. The van der Waals surface area contributed by atoms with Gasteiger partial charge in [-0.25, -0.2) is 9.18 Å². The third kappa shape index (κ3) is 4.55. The zero-order valence-electron chi connectivity index (χ0n) is 13.0. The molecule has 0 fully saturated rings. The number of carbonyl (C=O) groups excluding carboxylic acids is 2. The van der Waals surface area contributed by atoms with Crippen LogP contribution < -0.4 is 10.1 Å². The van der Waals surface area contributed by atoms with E-state index in [9.17, 15) is 14.0 Å². The Morgan fingerprint density at radius 3 is 2.46 bits per heavy atom. The van der Waals surface area contributed by atoms with Crippen LogP contribution in [0.15, 0.2) is 46.9 Å². The molecule has 1 amide bonds. The van der Waals surface area contributed by atoms with Crippen molar-refractivity contribution in [3.8, 4) is 5.75 Å². The van der Waals surface area contributed by atoms with Gasteiger partial charge in [0.1, 0.15) is 11.6 Å². The average molecular weight is 396 g/mol. The molecule has 0 bridgehead atoms. The van der Waals surface area contributed by atoms with Gasteiger partial charge in [-0.05, 0) is 65.3 Å². The summed E-state index contributed by atoms with van der Waals surface area (Å²) in [6, 6.07) is 10.1. The summed E-state index contributed by atoms with van der Waals surface area (Å²) >= 11 is 3.26. The van der Waals surface area contributed by atoms with Gasteiger partial charge in [-0.3, -0.25) is 4.79 Å². The molecule has 2 rings (SSSR count). The number of hydrogen-bond acceptors (Lipinski definition) is 4. The van der Waals surface area contributed by atoms with E-state index < -0.39 is 23.8 Å². The van der Waals surface area contributed by atoms with Crippen LogP contribution in [0, 0.1) is 5.82 Å².